The quantitative estimate of drug-likeness (QED) is 0.643. The number of carbonyl (C=O) groups excluding carboxylic acids is 1. The standard InChI is InChI=1S/C19H19F2N3O2S/c1-12(18-23-15-5-3-4-6-16(15)27-18)24(2)11-17(25)22-13-7-9-14(10-8-13)26-19(20)21/h3-10,12,19H,11H2,1-2H3,(H,22,25)/t12-/m1/s1. The smallest absolute Gasteiger partial charge is 0.387 e. The minimum atomic E-state index is -2.87. The number of nitrogens with one attached hydrogen (secondary N) is 1. The van der Waals surface area contributed by atoms with E-state index in [4.69, 9.17) is 0 Å². The Kier molecular flexibility index (Phi) is 5.98. The van der Waals surface area contributed by atoms with Crippen LogP contribution in [-0.4, -0.2) is 36.0 Å². The lowest BCUT2D eigenvalue weighted by Gasteiger charge is -2.22. The highest BCUT2D eigenvalue weighted by Crippen LogP contribution is 2.28. The van der Waals surface area contributed by atoms with Crippen molar-refractivity contribution in [1.29, 1.82) is 0 Å². The van der Waals surface area contributed by atoms with Crippen LogP contribution in [-0.2, 0) is 4.79 Å². The minimum Gasteiger partial charge on any atom is -0.435 e. The van der Waals surface area contributed by atoms with Gasteiger partial charge in [0.25, 0.3) is 0 Å². The van der Waals surface area contributed by atoms with Crippen molar-refractivity contribution in [3.05, 3.63) is 53.5 Å². The van der Waals surface area contributed by atoms with Gasteiger partial charge in [0.2, 0.25) is 5.91 Å². The molecule has 0 fully saturated rings. The number of rotatable bonds is 7. The molecule has 8 heteroatoms. The van der Waals surface area contributed by atoms with Crippen molar-refractivity contribution in [3.8, 4) is 5.75 Å². The summed E-state index contributed by atoms with van der Waals surface area (Å²) in [4.78, 5) is 18.8. The molecule has 0 aliphatic carbocycles. The molecule has 0 unspecified atom stereocenters. The average molecular weight is 391 g/mol. The lowest BCUT2D eigenvalue weighted by Crippen LogP contribution is -2.32. The number of benzene rings is 2. The number of thiazole rings is 1. The molecule has 1 heterocycles. The number of aromatic nitrogens is 1. The summed E-state index contributed by atoms with van der Waals surface area (Å²) in [6, 6.07) is 13.7. The Labute approximate surface area is 159 Å². The van der Waals surface area contributed by atoms with E-state index in [2.05, 4.69) is 15.0 Å². The maximum Gasteiger partial charge on any atom is 0.387 e. The second-order valence-corrected chi connectivity index (χ2v) is 7.12. The number of anilines is 1. The second kappa shape index (κ2) is 8.41. The fraction of sp³-hybridized carbons (Fsp3) is 0.263. The SMILES string of the molecule is C[C@H](c1nc2ccccc2s1)N(C)CC(=O)Nc1ccc(OC(F)F)cc1. The summed E-state index contributed by atoms with van der Waals surface area (Å²) in [5.74, 6) is -0.155. The van der Waals surface area contributed by atoms with Gasteiger partial charge in [0.05, 0.1) is 22.8 Å². The number of ether oxygens (including phenoxy) is 1. The number of para-hydroxylation sites is 1. The van der Waals surface area contributed by atoms with E-state index in [1.165, 1.54) is 24.3 Å². The van der Waals surface area contributed by atoms with E-state index in [9.17, 15) is 13.6 Å². The fourth-order valence-electron chi connectivity index (χ4n) is 2.54. The van der Waals surface area contributed by atoms with Gasteiger partial charge in [0, 0.05) is 5.69 Å². The van der Waals surface area contributed by atoms with Gasteiger partial charge in [-0.15, -0.1) is 11.3 Å². The molecular formula is C19H19F2N3O2S. The Hall–Kier alpha value is -2.58. The molecule has 27 heavy (non-hydrogen) atoms. The van der Waals surface area contributed by atoms with Crippen LogP contribution in [0.15, 0.2) is 48.5 Å². The molecule has 0 aliphatic heterocycles. The van der Waals surface area contributed by atoms with Crippen molar-refractivity contribution < 1.29 is 18.3 Å². The highest BCUT2D eigenvalue weighted by molar-refractivity contribution is 7.18. The first-order chi connectivity index (χ1) is 12.9. The molecule has 1 atom stereocenters. The van der Waals surface area contributed by atoms with Crippen LogP contribution >= 0.6 is 11.3 Å². The maximum absolute atomic E-state index is 12.3. The van der Waals surface area contributed by atoms with Crippen molar-refractivity contribution in [2.45, 2.75) is 19.6 Å². The zero-order valence-electron chi connectivity index (χ0n) is 14.9. The van der Waals surface area contributed by atoms with Gasteiger partial charge in [0.15, 0.2) is 0 Å². The van der Waals surface area contributed by atoms with Crippen LogP contribution in [0.2, 0.25) is 0 Å². The van der Waals surface area contributed by atoms with Crippen LogP contribution < -0.4 is 10.1 Å². The number of amides is 1. The summed E-state index contributed by atoms with van der Waals surface area (Å²) in [5, 5.41) is 3.69. The van der Waals surface area contributed by atoms with E-state index in [-0.39, 0.29) is 24.2 Å². The summed E-state index contributed by atoms with van der Waals surface area (Å²) < 4.78 is 29.7. The number of fused-ring (bicyclic) bond motifs is 1. The minimum absolute atomic E-state index is 0.0185. The van der Waals surface area contributed by atoms with Crippen LogP contribution in [0.1, 0.15) is 18.0 Å². The summed E-state index contributed by atoms with van der Waals surface area (Å²) >= 11 is 1.61. The van der Waals surface area contributed by atoms with Gasteiger partial charge in [-0.05, 0) is 50.4 Å². The normalized spacial score (nSPS) is 12.5. The predicted octanol–water partition coefficient (Wildman–Crippen LogP) is 4.53. The molecule has 1 N–H and O–H groups in total. The lowest BCUT2D eigenvalue weighted by atomic mass is 10.3. The highest BCUT2D eigenvalue weighted by atomic mass is 32.1. The lowest BCUT2D eigenvalue weighted by molar-refractivity contribution is -0.117. The van der Waals surface area contributed by atoms with Gasteiger partial charge in [-0.25, -0.2) is 4.98 Å². The molecular weight excluding hydrogens is 372 g/mol. The molecule has 2 aromatic carbocycles. The molecule has 0 saturated carbocycles. The molecule has 3 rings (SSSR count). The third kappa shape index (κ3) is 4.99. The van der Waals surface area contributed by atoms with Crippen molar-refractivity contribution in [2.75, 3.05) is 18.9 Å². The molecule has 1 amide bonds. The van der Waals surface area contributed by atoms with Crippen molar-refractivity contribution in [3.63, 3.8) is 0 Å². The first kappa shape index (κ1) is 19.2. The summed E-state index contributed by atoms with van der Waals surface area (Å²) in [7, 11) is 1.86. The molecule has 142 valence electrons. The van der Waals surface area contributed by atoms with Gasteiger partial charge < -0.3 is 10.1 Å². The van der Waals surface area contributed by atoms with E-state index in [1.54, 1.807) is 11.3 Å². The Balaban J connectivity index is 1.58. The van der Waals surface area contributed by atoms with E-state index >= 15 is 0 Å². The summed E-state index contributed by atoms with van der Waals surface area (Å²) in [6.07, 6.45) is 0. The molecule has 0 saturated heterocycles. The number of halogens is 2. The molecule has 0 aliphatic rings. The highest BCUT2D eigenvalue weighted by Gasteiger charge is 2.18. The number of likely N-dealkylation sites (N-methyl/N-ethyl adjacent to an activating group) is 1. The maximum atomic E-state index is 12.3. The van der Waals surface area contributed by atoms with Crippen molar-refractivity contribution in [2.24, 2.45) is 0 Å². The van der Waals surface area contributed by atoms with Crippen LogP contribution in [0.25, 0.3) is 10.2 Å². The Bertz CT molecular complexity index is 882. The first-order valence-corrected chi connectivity index (χ1v) is 9.14. The van der Waals surface area contributed by atoms with Crippen LogP contribution in [0.4, 0.5) is 14.5 Å². The zero-order chi connectivity index (χ0) is 19.4. The van der Waals surface area contributed by atoms with Crippen molar-refractivity contribution >= 4 is 33.1 Å². The Morgan fingerprint density at radius 2 is 1.93 bits per heavy atom. The topological polar surface area (TPSA) is 54.5 Å². The molecule has 5 nitrogen and oxygen atoms in total. The molecule has 3 aromatic rings. The van der Waals surface area contributed by atoms with Crippen LogP contribution in [0.3, 0.4) is 0 Å². The number of hydrogen-bond acceptors (Lipinski definition) is 5. The number of carbonyl (C=O) groups is 1. The predicted molar refractivity (Wildman–Crippen MR) is 102 cm³/mol. The van der Waals surface area contributed by atoms with Gasteiger partial charge in [-0.2, -0.15) is 8.78 Å². The van der Waals surface area contributed by atoms with E-state index in [0.717, 1.165) is 15.2 Å². The molecule has 0 bridgehead atoms. The summed E-state index contributed by atoms with van der Waals surface area (Å²) in [5.41, 5.74) is 1.47. The van der Waals surface area contributed by atoms with E-state index < -0.39 is 6.61 Å². The van der Waals surface area contributed by atoms with Crippen LogP contribution in [0.5, 0.6) is 5.75 Å². The third-order valence-corrected chi connectivity index (χ3v) is 5.29. The van der Waals surface area contributed by atoms with Gasteiger partial charge in [-0.3, -0.25) is 9.69 Å². The number of nitrogens with zero attached hydrogens (tertiary/aromatic N) is 2. The van der Waals surface area contributed by atoms with E-state index in [1.807, 2.05) is 43.1 Å². The molecule has 0 spiro atoms. The molecule has 1 aromatic heterocycles. The molecule has 0 radical (unpaired) electrons. The Morgan fingerprint density at radius 1 is 1.22 bits per heavy atom. The Morgan fingerprint density at radius 3 is 2.59 bits per heavy atom. The van der Waals surface area contributed by atoms with E-state index in [0.29, 0.717) is 5.69 Å². The van der Waals surface area contributed by atoms with Crippen molar-refractivity contribution in [1.82, 2.24) is 9.88 Å². The van der Waals surface area contributed by atoms with Gasteiger partial charge in [-0.1, -0.05) is 12.1 Å². The number of alkyl halides is 2. The fourth-order valence-corrected chi connectivity index (χ4v) is 3.63. The largest absolute Gasteiger partial charge is 0.435 e. The van der Waals surface area contributed by atoms with Crippen LogP contribution in [0, 0.1) is 0 Å². The zero-order valence-corrected chi connectivity index (χ0v) is 15.7. The monoisotopic (exact) mass is 391 g/mol. The third-order valence-electron chi connectivity index (χ3n) is 4.09. The van der Waals surface area contributed by atoms with Gasteiger partial charge >= 0.3 is 6.61 Å². The number of hydrogen-bond donors (Lipinski definition) is 1. The second-order valence-electron chi connectivity index (χ2n) is 6.06. The first-order valence-electron chi connectivity index (χ1n) is 8.33. The summed E-state index contributed by atoms with van der Waals surface area (Å²) in [6.45, 7) is -0.698. The average Bonchev–Trinajstić information content (AvgIpc) is 3.06. The van der Waals surface area contributed by atoms with Gasteiger partial charge in [0.1, 0.15) is 10.8 Å².